The van der Waals surface area contributed by atoms with Crippen LogP contribution < -0.4 is 15.8 Å². The van der Waals surface area contributed by atoms with Crippen molar-refractivity contribution in [1.82, 2.24) is 15.2 Å². The lowest BCUT2D eigenvalue weighted by Crippen LogP contribution is -2.37. The van der Waals surface area contributed by atoms with Gasteiger partial charge in [-0.15, -0.1) is 0 Å². The molecule has 31 heavy (non-hydrogen) atoms. The normalized spacial score (nSPS) is 11.4. The maximum atomic E-state index is 12.8. The molecule has 0 aliphatic heterocycles. The van der Waals surface area contributed by atoms with Gasteiger partial charge in [0.2, 0.25) is 5.91 Å². The molecule has 1 unspecified atom stereocenters. The summed E-state index contributed by atoms with van der Waals surface area (Å²) in [5.74, 6) is 1.11. The molecule has 3 rings (SSSR count). The Kier molecular flexibility index (Phi) is 7.45. The Morgan fingerprint density at radius 1 is 1.10 bits per heavy atom. The van der Waals surface area contributed by atoms with E-state index in [0.717, 1.165) is 5.56 Å². The van der Waals surface area contributed by atoms with Gasteiger partial charge < -0.3 is 20.7 Å². The molecule has 1 aromatic heterocycles. The number of ether oxygens (including phenoxy) is 1. The third-order valence-electron chi connectivity index (χ3n) is 4.57. The van der Waals surface area contributed by atoms with Crippen LogP contribution in [-0.4, -0.2) is 28.9 Å². The van der Waals surface area contributed by atoms with Crippen molar-refractivity contribution in [2.75, 3.05) is 7.05 Å². The van der Waals surface area contributed by atoms with Gasteiger partial charge in [-0.3, -0.25) is 4.79 Å². The number of urea groups is 1. The van der Waals surface area contributed by atoms with Crippen LogP contribution in [0, 0.1) is 0 Å². The molecule has 3 aromatic rings. The van der Waals surface area contributed by atoms with Crippen LogP contribution in [0.15, 0.2) is 72.9 Å². The molecule has 0 fully saturated rings. The number of carbonyl (C=O) groups is 2. The zero-order chi connectivity index (χ0) is 22.2. The van der Waals surface area contributed by atoms with Gasteiger partial charge in [0.05, 0.1) is 12.5 Å². The van der Waals surface area contributed by atoms with E-state index < -0.39 is 12.1 Å². The van der Waals surface area contributed by atoms with Crippen LogP contribution in [0.3, 0.4) is 0 Å². The number of amides is 3. The van der Waals surface area contributed by atoms with Crippen LogP contribution in [0.25, 0.3) is 0 Å². The summed E-state index contributed by atoms with van der Waals surface area (Å²) in [5.41, 5.74) is 6.91. The first-order valence-electron chi connectivity index (χ1n) is 9.64. The number of benzene rings is 2. The molecular weight excluding hydrogens is 416 g/mol. The average Bonchev–Trinajstić information content (AvgIpc) is 2.75. The summed E-state index contributed by atoms with van der Waals surface area (Å²) < 4.78 is 5.86. The number of rotatable bonds is 8. The first-order valence-corrected chi connectivity index (χ1v) is 10.0. The van der Waals surface area contributed by atoms with E-state index in [1.165, 1.54) is 0 Å². The van der Waals surface area contributed by atoms with Crippen molar-refractivity contribution in [3.8, 4) is 11.5 Å². The Bertz CT molecular complexity index is 1030. The van der Waals surface area contributed by atoms with E-state index in [-0.39, 0.29) is 12.3 Å². The average molecular weight is 439 g/mol. The Balaban J connectivity index is 1.72. The predicted molar refractivity (Wildman–Crippen MR) is 119 cm³/mol. The Hall–Kier alpha value is -3.58. The molecule has 0 spiro atoms. The molecule has 0 bridgehead atoms. The van der Waals surface area contributed by atoms with Crippen molar-refractivity contribution in [2.24, 2.45) is 5.73 Å². The Morgan fingerprint density at radius 2 is 1.84 bits per heavy atom. The zero-order valence-corrected chi connectivity index (χ0v) is 17.8. The lowest BCUT2D eigenvalue weighted by Gasteiger charge is -2.23. The zero-order valence-electron chi connectivity index (χ0n) is 17.0. The molecular formula is C23H23ClN4O3. The van der Waals surface area contributed by atoms with Crippen molar-refractivity contribution in [1.29, 1.82) is 0 Å². The van der Waals surface area contributed by atoms with E-state index in [2.05, 4.69) is 10.3 Å². The van der Waals surface area contributed by atoms with E-state index in [1.807, 2.05) is 42.5 Å². The maximum Gasteiger partial charge on any atom is 0.312 e. The van der Waals surface area contributed by atoms with Gasteiger partial charge in [-0.2, -0.15) is 0 Å². The van der Waals surface area contributed by atoms with Gasteiger partial charge in [0.15, 0.2) is 0 Å². The summed E-state index contributed by atoms with van der Waals surface area (Å²) in [6.45, 7) is 0.365. The van der Waals surface area contributed by atoms with Crippen molar-refractivity contribution in [3.63, 3.8) is 0 Å². The molecule has 3 amide bonds. The number of pyridine rings is 1. The van der Waals surface area contributed by atoms with Gasteiger partial charge in [-0.25, -0.2) is 9.78 Å². The van der Waals surface area contributed by atoms with Crippen LogP contribution >= 0.6 is 11.6 Å². The number of halogens is 1. The highest BCUT2D eigenvalue weighted by molar-refractivity contribution is 6.29. The quantitative estimate of drug-likeness (QED) is 0.513. The minimum absolute atomic E-state index is 0.0370. The number of para-hydroxylation sites is 1. The molecule has 0 saturated heterocycles. The van der Waals surface area contributed by atoms with Crippen LogP contribution in [0.1, 0.15) is 23.6 Å². The highest BCUT2D eigenvalue weighted by Crippen LogP contribution is 2.26. The molecule has 3 N–H and O–H groups in total. The van der Waals surface area contributed by atoms with Crippen LogP contribution in [0.2, 0.25) is 5.15 Å². The van der Waals surface area contributed by atoms with Crippen molar-refractivity contribution < 1.29 is 14.3 Å². The second kappa shape index (κ2) is 10.4. The third kappa shape index (κ3) is 6.72. The highest BCUT2D eigenvalue weighted by atomic mass is 35.5. The summed E-state index contributed by atoms with van der Waals surface area (Å²) in [5, 5.41) is 3.04. The summed E-state index contributed by atoms with van der Waals surface area (Å²) in [6.07, 6.45) is 1.66. The van der Waals surface area contributed by atoms with Crippen molar-refractivity contribution in [2.45, 2.75) is 19.0 Å². The van der Waals surface area contributed by atoms with Gasteiger partial charge in [0, 0.05) is 19.8 Å². The van der Waals surface area contributed by atoms with Gasteiger partial charge >= 0.3 is 6.03 Å². The number of hydrogen-bond donors (Lipinski definition) is 2. The maximum absolute atomic E-state index is 12.8. The van der Waals surface area contributed by atoms with Gasteiger partial charge in [-0.1, -0.05) is 48.0 Å². The standard InChI is InChI=1S/C23H23ClN4O3/c1-28(15-16-10-11-21(24)26-14-16)22(29)13-20(27-23(25)30)17-6-5-9-19(12-17)31-18-7-3-2-4-8-18/h2-12,14,20H,13,15H2,1H3,(H3,25,27,30). The minimum Gasteiger partial charge on any atom is -0.457 e. The minimum atomic E-state index is -0.711. The SMILES string of the molecule is CN(Cc1ccc(Cl)nc1)C(=O)CC(NC(N)=O)c1cccc(Oc2ccccc2)c1. The van der Waals surface area contributed by atoms with Gasteiger partial charge in [0.25, 0.3) is 0 Å². The molecule has 8 heteroatoms. The number of nitrogens with two attached hydrogens (primary N) is 1. The number of nitrogens with zero attached hydrogens (tertiary/aromatic N) is 2. The number of carbonyl (C=O) groups excluding carboxylic acids is 2. The van der Waals surface area contributed by atoms with Crippen molar-refractivity contribution in [3.05, 3.63) is 89.2 Å². The van der Waals surface area contributed by atoms with Gasteiger partial charge in [-0.05, 0) is 41.5 Å². The molecule has 0 radical (unpaired) electrons. The summed E-state index contributed by atoms with van der Waals surface area (Å²) in [4.78, 5) is 30.0. The van der Waals surface area contributed by atoms with Crippen molar-refractivity contribution >= 4 is 23.5 Å². The van der Waals surface area contributed by atoms with E-state index in [0.29, 0.717) is 28.8 Å². The van der Waals surface area contributed by atoms with Crippen LogP contribution in [-0.2, 0) is 11.3 Å². The largest absolute Gasteiger partial charge is 0.457 e. The number of hydrogen-bond acceptors (Lipinski definition) is 4. The molecule has 1 heterocycles. The molecule has 0 aliphatic carbocycles. The fourth-order valence-corrected chi connectivity index (χ4v) is 3.15. The van der Waals surface area contributed by atoms with E-state index >= 15 is 0 Å². The summed E-state index contributed by atoms with van der Waals surface area (Å²) in [7, 11) is 1.69. The number of nitrogens with one attached hydrogen (secondary N) is 1. The predicted octanol–water partition coefficient (Wildman–Crippen LogP) is 4.29. The van der Waals surface area contributed by atoms with Crippen LogP contribution in [0.5, 0.6) is 11.5 Å². The fourth-order valence-electron chi connectivity index (χ4n) is 3.04. The Morgan fingerprint density at radius 3 is 2.52 bits per heavy atom. The molecule has 0 aliphatic rings. The lowest BCUT2D eigenvalue weighted by molar-refractivity contribution is -0.130. The topological polar surface area (TPSA) is 97.5 Å². The first kappa shape index (κ1) is 22.1. The third-order valence-corrected chi connectivity index (χ3v) is 4.79. The van der Waals surface area contributed by atoms with Crippen LogP contribution in [0.4, 0.5) is 4.79 Å². The smallest absolute Gasteiger partial charge is 0.312 e. The molecule has 1 atom stereocenters. The monoisotopic (exact) mass is 438 g/mol. The number of primary amides is 1. The number of aromatic nitrogens is 1. The Labute approximate surface area is 185 Å². The lowest BCUT2D eigenvalue weighted by atomic mass is 10.0. The summed E-state index contributed by atoms with van der Waals surface area (Å²) >= 11 is 5.81. The second-order valence-corrected chi connectivity index (χ2v) is 7.38. The molecule has 2 aromatic carbocycles. The van der Waals surface area contributed by atoms with E-state index in [1.54, 1.807) is 42.4 Å². The van der Waals surface area contributed by atoms with E-state index in [9.17, 15) is 9.59 Å². The molecule has 160 valence electrons. The first-order chi connectivity index (χ1) is 14.9. The summed E-state index contributed by atoms with van der Waals surface area (Å²) in [6, 6.07) is 18.7. The molecule has 0 saturated carbocycles. The van der Waals surface area contributed by atoms with E-state index in [4.69, 9.17) is 22.1 Å². The van der Waals surface area contributed by atoms with Gasteiger partial charge in [0.1, 0.15) is 16.7 Å². The molecule has 7 nitrogen and oxygen atoms in total. The fraction of sp³-hybridized carbons (Fsp3) is 0.174. The highest BCUT2D eigenvalue weighted by Gasteiger charge is 2.21. The second-order valence-electron chi connectivity index (χ2n) is 6.99.